The molecule has 5 nitrogen and oxygen atoms in total. The van der Waals surface area contributed by atoms with Crippen LogP contribution in [0.4, 0.5) is 0 Å². The molecule has 1 saturated heterocycles. The molecule has 0 aromatic rings. The molecule has 2 N–H and O–H groups in total. The number of carbonyl (C=O) groups excluding carboxylic acids is 1. The molecule has 0 bridgehead atoms. The van der Waals surface area contributed by atoms with E-state index in [1.165, 1.54) is 0 Å². The van der Waals surface area contributed by atoms with Crippen molar-refractivity contribution in [1.29, 1.82) is 0 Å². The van der Waals surface area contributed by atoms with Gasteiger partial charge in [0.1, 0.15) is 0 Å². The quantitative estimate of drug-likeness (QED) is 0.581. The van der Waals surface area contributed by atoms with E-state index >= 15 is 0 Å². The number of hydrogen-bond acceptors (Lipinski definition) is 4. The van der Waals surface area contributed by atoms with E-state index in [1.807, 2.05) is 0 Å². The van der Waals surface area contributed by atoms with Crippen LogP contribution in [0, 0.1) is 0 Å². The Balaban J connectivity index is 2.11. The lowest BCUT2D eigenvalue weighted by Crippen LogP contribution is -2.49. The molecule has 0 spiro atoms. The zero-order valence-corrected chi connectivity index (χ0v) is 10.1. The molecule has 0 radical (unpaired) electrons. The number of nitrogens with zero attached hydrogens (tertiary/aromatic N) is 2. The maximum absolute atomic E-state index is 11.2. The lowest BCUT2D eigenvalue weighted by Gasteiger charge is -2.34. The van der Waals surface area contributed by atoms with Gasteiger partial charge in [-0.25, -0.2) is 0 Å². The number of amides is 1. The maximum Gasteiger partial charge on any atom is 0.233 e. The Morgan fingerprint density at radius 1 is 1.19 bits per heavy atom. The zero-order valence-electron chi connectivity index (χ0n) is 10.1. The molecule has 16 heavy (non-hydrogen) atoms. The molecule has 0 aromatic heterocycles. The SMILES string of the molecule is CNC(=O)CN1CCN(CCCCO)CC1. The Kier molecular flexibility index (Phi) is 6.37. The lowest BCUT2D eigenvalue weighted by atomic mass is 10.2. The van der Waals surface area contributed by atoms with E-state index in [9.17, 15) is 4.79 Å². The number of piperazine rings is 1. The van der Waals surface area contributed by atoms with Gasteiger partial charge in [0.05, 0.1) is 6.54 Å². The smallest absolute Gasteiger partial charge is 0.233 e. The molecule has 94 valence electrons. The first-order valence-electron chi connectivity index (χ1n) is 6.02. The summed E-state index contributed by atoms with van der Waals surface area (Å²) >= 11 is 0. The number of aliphatic hydroxyl groups is 1. The van der Waals surface area contributed by atoms with E-state index in [4.69, 9.17) is 5.11 Å². The molecule has 1 rings (SSSR count). The van der Waals surface area contributed by atoms with E-state index in [-0.39, 0.29) is 12.5 Å². The fourth-order valence-electron chi connectivity index (χ4n) is 1.90. The van der Waals surface area contributed by atoms with Gasteiger partial charge in [0, 0.05) is 39.8 Å². The van der Waals surface area contributed by atoms with Crippen molar-refractivity contribution in [1.82, 2.24) is 15.1 Å². The number of carbonyl (C=O) groups is 1. The van der Waals surface area contributed by atoms with Crippen molar-refractivity contribution in [3.05, 3.63) is 0 Å². The number of likely N-dealkylation sites (N-methyl/N-ethyl adjacent to an activating group) is 1. The van der Waals surface area contributed by atoms with Gasteiger partial charge in [0.15, 0.2) is 0 Å². The predicted octanol–water partition coefficient (Wildman–Crippen LogP) is -0.877. The van der Waals surface area contributed by atoms with Gasteiger partial charge >= 0.3 is 0 Å². The van der Waals surface area contributed by atoms with E-state index in [0.29, 0.717) is 6.54 Å². The number of unbranched alkanes of at least 4 members (excludes halogenated alkanes) is 1. The lowest BCUT2D eigenvalue weighted by molar-refractivity contribution is -0.122. The summed E-state index contributed by atoms with van der Waals surface area (Å²) in [6, 6.07) is 0. The molecule has 0 atom stereocenters. The van der Waals surface area contributed by atoms with Crippen LogP contribution < -0.4 is 5.32 Å². The van der Waals surface area contributed by atoms with Crippen molar-refractivity contribution >= 4 is 5.91 Å². The van der Waals surface area contributed by atoms with Crippen LogP contribution in [-0.2, 0) is 4.79 Å². The summed E-state index contributed by atoms with van der Waals surface area (Å²) in [5, 5.41) is 11.3. The van der Waals surface area contributed by atoms with Crippen LogP contribution in [0.1, 0.15) is 12.8 Å². The summed E-state index contributed by atoms with van der Waals surface area (Å²) in [5.41, 5.74) is 0. The third-order valence-corrected chi connectivity index (χ3v) is 2.99. The molecule has 1 fully saturated rings. The molecular formula is C11H23N3O2. The molecule has 1 amide bonds. The average molecular weight is 229 g/mol. The van der Waals surface area contributed by atoms with E-state index in [2.05, 4.69) is 15.1 Å². The van der Waals surface area contributed by atoms with Crippen molar-refractivity contribution < 1.29 is 9.90 Å². The second kappa shape index (κ2) is 7.60. The van der Waals surface area contributed by atoms with Crippen LogP contribution in [-0.4, -0.2) is 73.7 Å². The Bertz CT molecular complexity index is 203. The van der Waals surface area contributed by atoms with Gasteiger partial charge in [-0.3, -0.25) is 9.69 Å². The van der Waals surface area contributed by atoms with Gasteiger partial charge in [0.2, 0.25) is 5.91 Å². The molecule has 0 unspecified atom stereocenters. The molecule has 0 aliphatic carbocycles. The van der Waals surface area contributed by atoms with Gasteiger partial charge in [-0.2, -0.15) is 0 Å². The summed E-state index contributed by atoms with van der Waals surface area (Å²) in [6.07, 6.45) is 1.95. The van der Waals surface area contributed by atoms with E-state index < -0.39 is 0 Å². The highest BCUT2D eigenvalue weighted by atomic mass is 16.2. The van der Waals surface area contributed by atoms with Crippen LogP contribution in [0.2, 0.25) is 0 Å². The van der Waals surface area contributed by atoms with Crippen molar-refractivity contribution in [3.8, 4) is 0 Å². The first-order chi connectivity index (χ1) is 7.76. The second-order valence-corrected chi connectivity index (χ2v) is 4.22. The minimum Gasteiger partial charge on any atom is -0.396 e. The summed E-state index contributed by atoms with van der Waals surface area (Å²) < 4.78 is 0. The average Bonchev–Trinajstić information content (AvgIpc) is 2.31. The largest absolute Gasteiger partial charge is 0.396 e. The minimum atomic E-state index is 0.0914. The van der Waals surface area contributed by atoms with Gasteiger partial charge < -0.3 is 15.3 Å². The molecule has 0 saturated carbocycles. The van der Waals surface area contributed by atoms with Crippen LogP contribution in [0.25, 0.3) is 0 Å². The van der Waals surface area contributed by atoms with Crippen LogP contribution in [0.15, 0.2) is 0 Å². The van der Waals surface area contributed by atoms with Gasteiger partial charge in [-0.1, -0.05) is 0 Å². The third kappa shape index (κ3) is 4.92. The van der Waals surface area contributed by atoms with E-state index in [0.717, 1.165) is 45.6 Å². The minimum absolute atomic E-state index is 0.0914. The first kappa shape index (κ1) is 13.4. The van der Waals surface area contributed by atoms with Crippen LogP contribution >= 0.6 is 0 Å². The fraction of sp³-hybridized carbons (Fsp3) is 0.909. The predicted molar refractivity (Wildman–Crippen MR) is 63.3 cm³/mol. The van der Waals surface area contributed by atoms with Crippen molar-refractivity contribution in [2.45, 2.75) is 12.8 Å². The number of hydrogen-bond donors (Lipinski definition) is 2. The van der Waals surface area contributed by atoms with Crippen molar-refractivity contribution in [3.63, 3.8) is 0 Å². The highest BCUT2D eigenvalue weighted by Crippen LogP contribution is 2.03. The summed E-state index contributed by atoms with van der Waals surface area (Å²) in [7, 11) is 1.67. The third-order valence-electron chi connectivity index (χ3n) is 2.99. The molecule has 1 aliphatic heterocycles. The number of rotatable bonds is 6. The Hall–Kier alpha value is -0.650. The number of aliphatic hydroxyl groups excluding tert-OH is 1. The Labute approximate surface area is 97.4 Å². The second-order valence-electron chi connectivity index (χ2n) is 4.22. The molecular weight excluding hydrogens is 206 g/mol. The monoisotopic (exact) mass is 229 g/mol. The Morgan fingerprint density at radius 2 is 1.81 bits per heavy atom. The topological polar surface area (TPSA) is 55.8 Å². The fourth-order valence-corrected chi connectivity index (χ4v) is 1.90. The number of nitrogens with one attached hydrogen (secondary N) is 1. The van der Waals surface area contributed by atoms with Crippen molar-refractivity contribution in [2.75, 3.05) is 52.9 Å². The van der Waals surface area contributed by atoms with Gasteiger partial charge in [0.25, 0.3) is 0 Å². The van der Waals surface area contributed by atoms with Crippen LogP contribution in [0.3, 0.4) is 0 Å². The summed E-state index contributed by atoms with van der Waals surface area (Å²) in [5.74, 6) is 0.0914. The maximum atomic E-state index is 11.2. The summed E-state index contributed by atoms with van der Waals surface area (Å²) in [6.45, 7) is 5.86. The Morgan fingerprint density at radius 3 is 2.38 bits per heavy atom. The van der Waals surface area contributed by atoms with Gasteiger partial charge in [-0.05, 0) is 19.4 Å². The molecule has 1 aliphatic rings. The highest BCUT2D eigenvalue weighted by Gasteiger charge is 2.17. The normalized spacial score (nSPS) is 18.6. The van der Waals surface area contributed by atoms with Crippen molar-refractivity contribution in [2.24, 2.45) is 0 Å². The zero-order chi connectivity index (χ0) is 11.8. The standard InChI is InChI=1S/C11H23N3O2/c1-12-11(16)10-14-7-5-13(6-8-14)4-2-3-9-15/h15H,2-10H2,1H3,(H,12,16). The highest BCUT2D eigenvalue weighted by molar-refractivity contribution is 5.77. The van der Waals surface area contributed by atoms with Crippen LogP contribution in [0.5, 0.6) is 0 Å². The summed E-state index contributed by atoms with van der Waals surface area (Å²) in [4.78, 5) is 15.8. The van der Waals surface area contributed by atoms with Gasteiger partial charge in [-0.15, -0.1) is 0 Å². The molecule has 1 heterocycles. The van der Waals surface area contributed by atoms with E-state index in [1.54, 1.807) is 7.05 Å². The molecule has 0 aromatic carbocycles. The first-order valence-corrected chi connectivity index (χ1v) is 6.02. The molecule has 5 heteroatoms.